The molecule has 12 heteroatoms. The van der Waals surface area contributed by atoms with Crippen molar-refractivity contribution in [1.82, 2.24) is 19.7 Å². The Labute approximate surface area is 236 Å². The van der Waals surface area contributed by atoms with Crippen molar-refractivity contribution in [3.63, 3.8) is 0 Å². The van der Waals surface area contributed by atoms with Crippen molar-refractivity contribution in [3.8, 4) is 5.75 Å². The fourth-order valence-corrected chi connectivity index (χ4v) is 9.98. The Kier molecular flexibility index (Phi) is 9.59. The molecule has 4 aromatic rings. The van der Waals surface area contributed by atoms with E-state index in [4.69, 9.17) is 9.47 Å². The molecule has 0 bridgehead atoms. The van der Waals surface area contributed by atoms with Crippen molar-refractivity contribution >= 4 is 48.7 Å². The molecular weight excluding hydrogens is 578 g/mol. The van der Waals surface area contributed by atoms with Crippen molar-refractivity contribution in [1.29, 1.82) is 0 Å². The zero-order valence-electron chi connectivity index (χ0n) is 22.0. The van der Waals surface area contributed by atoms with Gasteiger partial charge in [0.2, 0.25) is 5.91 Å². The molecular formula is C28H32AsFN6O4. The van der Waals surface area contributed by atoms with E-state index in [-0.39, 0.29) is 19.1 Å². The molecule has 2 unspecified atom stereocenters. The Morgan fingerprint density at radius 2 is 2.12 bits per heavy atom. The van der Waals surface area contributed by atoms with E-state index in [1.807, 2.05) is 18.2 Å². The number of fused-ring (bicyclic) bond motifs is 1. The van der Waals surface area contributed by atoms with Gasteiger partial charge in [-0.1, -0.05) is 6.07 Å². The third-order valence-corrected chi connectivity index (χ3v) is 13.1. The first-order valence-corrected chi connectivity index (χ1v) is 17.0. The zero-order chi connectivity index (χ0) is 27.7. The van der Waals surface area contributed by atoms with Crippen LogP contribution in [0, 0.1) is 5.82 Å². The molecule has 3 N–H and O–H groups in total. The predicted molar refractivity (Wildman–Crippen MR) is 152 cm³/mol. The third kappa shape index (κ3) is 7.56. The number of benzene rings is 2. The molecule has 1 amide bonds. The second kappa shape index (κ2) is 13.7. The maximum absolute atomic E-state index is 13.4. The van der Waals surface area contributed by atoms with Gasteiger partial charge in [0.1, 0.15) is 12.4 Å². The summed E-state index contributed by atoms with van der Waals surface area (Å²) in [5.74, 6) is 0.620. The predicted octanol–water partition coefficient (Wildman–Crippen LogP) is 4.39. The van der Waals surface area contributed by atoms with E-state index in [0.29, 0.717) is 28.5 Å². The van der Waals surface area contributed by atoms with Crippen molar-refractivity contribution < 1.29 is 23.8 Å². The number of rotatable bonds is 13. The monoisotopic (exact) mass is 610 g/mol. The summed E-state index contributed by atoms with van der Waals surface area (Å²) in [6.07, 6.45) is 6.89. The standard InChI is InChI=1S/C28H32AsFN6O4/c30-21-3-1-4-22(13-21)34-27(38)17-36-16-23(15-33-36)35-28-25-6-5-24(14-26(25)31-19-32-28)40-11-2-8-29(9-10-37)20-7-12-39-18-20/h1,3-6,13-16,19-20,37H,2,7-12,17-18H2,(H,34,38)(H,31,32,35). The number of hydrogen-bond acceptors (Lipinski definition) is 8. The topological polar surface area (TPSA) is 123 Å². The number of anilines is 3. The Morgan fingerprint density at radius 1 is 1.20 bits per heavy atom. The van der Waals surface area contributed by atoms with Gasteiger partial charge in [0.25, 0.3) is 0 Å². The molecule has 210 valence electrons. The second-order valence-corrected chi connectivity index (χ2v) is 15.4. The van der Waals surface area contributed by atoms with Crippen molar-refractivity contribution in [2.45, 2.75) is 34.5 Å². The van der Waals surface area contributed by atoms with Crippen LogP contribution >= 0.6 is 0 Å². The minimum absolute atomic E-state index is 0.0266. The van der Waals surface area contributed by atoms with Crippen LogP contribution in [0.25, 0.3) is 10.9 Å². The van der Waals surface area contributed by atoms with Gasteiger partial charge in [-0.2, -0.15) is 5.10 Å². The summed E-state index contributed by atoms with van der Waals surface area (Å²) in [5, 5.41) is 22.5. The van der Waals surface area contributed by atoms with Gasteiger partial charge in [-0.3, -0.25) is 9.48 Å². The molecule has 1 aliphatic rings. The van der Waals surface area contributed by atoms with Crippen LogP contribution in [0.2, 0.25) is 15.1 Å². The zero-order valence-corrected chi connectivity index (χ0v) is 23.9. The molecule has 40 heavy (non-hydrogen) atoms. The molecule has 1 saturated heterocycles. The molecule has 5 rings (SSSR count). The van der Waals surface area contributed by atoms with Crippen LogP contribution in [0.15, 0.2) is 61.2 Å². The fourth-order valence-electron chi connectivity index (χ4n) is 4.66. The average Bonchev–Trinajstić information content (AvgIpc) is 3.63. The molecule has 0 spiro atoms. The SMILES string of the molecule is O=C(Cn1cc(Nc2ncnc3cc(OCCC[As](CCO)C4CCOC4)ccc23)cn1)Nc1cccc(F)c1. The van der Waals surface area contributed by atoms with Crippen LogP contribution in [0.3, 0.4) is 0 Å². The van der Waals surface area contributed by atoms with E-state index in [0.717, 1.165) is 53.1 Å². The second-order valence-electron chi connectivity index (χ2n) is 9.49. The van der Waals surface area contributed by atoms with Gasteiger partial charge in [0.15, 0.2) is 0 Å². The number of nitrogens with zero attached hydrogens (tertiary/aromatic N) is 4. The number of amides is 1. The number of hydrogen-bond donors (Lipinski definition) is 3. The first-order valence-electron chi connectivity index (χ1n) is 13.2. The Hall–Kier alpha value is -3.53. The van der Waals surface area contributed by atoms with Crippen LogP contribution in [0.1, 0.15) is 12.8 Å². The number of aliphatic hydroxyl groups excluding tert-OH is 1. The molecule has 2 aromatic carbocycles. The van der Waals surface area contributed by atoms with Gasteiger partial charge in [-0.25, -0.2) is 4.39 Å². The summed E-state index contributed by atoms with van der Waals surface area (Å²) in [6, 6.07) is 11.5. The molecule has 1 fully saturated rings. The van der Waals surface area contributed by atoms with Crippen LogP contribution in [0.4, 0.5) is 21.6 Å². The summed E-state index contributed by atoms with van der Waals surface area (Å²) < 4.78 is 27.1. The Morgan fingerprint density at radius 3 is 2.95 bits per heavy atom. The summed E-state index contributed by atoms with van der Waals surface area (Å²) in [6.45, 7) is 2.57. The Balaban J connectivity index is 1.15. The van der Waals surface area contributed by atoms with Crippen molar-refractivity contribution in [2.75, 3.05) is 37.1 Å². The van der Waals surface area contributed by atoms with Gasteiger partial charge >= 0.3 is 164 Å². The van der Waals surface area contributed by atoms with Crippen LogP contribution < -0.4 is 15.4 Å². The van der Waals surface area contributed by atoms with E-state index in [1.165, 1.54) is 29.2 Å². The number of aliphatic hydroxyl groups is 1. The summed E-state index contributed by atoms with van der Waals surface area (Å²) in [4.78, 5) is 21.1. The normalized spacial score (nSPS) is 15.7. The number of carbonyl (C=O) groups is 1. The van der Waals surface area contributed by atoms with E-state index in [9.17, 15) is 14.3 Å². The smallest absolute Gasteiger partial charge is 0.324 e. The number of nitrogens with one attached hydrogen (secondary N) is 2. The third-order valence-electron chi connectivity index (χ3n) is 6.59. The molecule has 10 nitrogen and oxygen atoms in total. The number of carbonyl (C=O) groups excluding carboxylic acids is 1. The number of aromatic nitrogens is 4. The summed E-state index contributed by atoms with van der Waals surface area (Å²) in [5.41, 5.74) is 1.79. The van der Waals surface area contributed by atoms with Crippen molar-refractivity contribution in [3.05, 3.63) is 67.0 Å². The molecule has 0 saturated carbocycles. The van der Waals surface area contributed by atoms with Gasteiger partial charge in [-0.05, 0) is 18.2 Å². The minimum Gasteiger partial charge on any atom is -0.324 e. The van der Waals surface area contributed by atoms with Gasteiger partial charge in [-0.15, -0.1) is 0 Å². The Bertz CT molecular complexity index is 1430. The molecule has 3 heterocycles. The molecule has 2 atom stereocenters. The van der Waals surface area contributed by atoms with E-state index in [2.05, 4.69) is 25.7 Å². The maximum atomic E-state index is 13.4. The summed E-state index contributed by atoms with van der Waals surface area (Å²) >= 11 is -1.12. The van der Waals surface area contributed by atoms with Crippen molar-refractivity contribution in [2.24, 2.45) is 0 Å². The number of ether oxygens (including phenoxy) is 2. The average molecular weight is 611 g/mol. The van der Waals surface area contributed by atoms with E-state index >= 15 is 0 Å². The minimum atomic E-state index is -1.12. The fraction of sp³-hybridized carbons (Fsp3) is 0.357. The molecule has 0 aliphatic carbocycles. The van der Waals surface area contributed by atoms with Gasteiger partial charge in [0.05, 0.1) is 0 Å². The van der Waals surface area contributed by atoms with Crippen LogP contribution in [-0.2, 0) is 16.1 Å². The van der Waals surface area contributed by atoms with E-state index < -0.39 is 20.5 Å². The first kappa shape index (κ1) is 28.0. The molecule has 1 aliphatic heterocycles. The molecule has 2 aromatic heterocycles. The van der Waals surface area contributed by atoms with E-state index in [1.54, 1.807) is 18.5 Å². The van der Waals surface area contributed by atoms with Crippen LogP contribution in [0.5, 0.6) is 5.75 Å². The van der Waals surface area contributed by atoms with Gasteiger partial charge < -0.3 is 5.32 Å². The van der Waals surface area contributed by atoms with Crippen LogP contribution in [-0.4, -0.2) is 71.8 Å². The quantitative estimate of drug-likeness (QED) is 0.151. The summed E-state index contributed by atoms with van der Waals surface area (Å²) in [7, 11) is 0. The number of halogens is 1. The molecule has 0 radical (unpaired) electrons. The first-order chi connectivity index (χ1) is 19.6. The van der Waals surface area contributed by atoms with Gasteiger partial charge in [0, 0.05) is 5.69 Å².